The Morgan fingerprint density at radius 1 is 0.789 bits per heavy atom. The third-order valence-electron chi connectivity index (χ3n) is 5.37. The molecule has 3 saturated heterocycles. The molecule has 3 aliphatic heterocycles. The van der Waals surface area contributed by atoms with E-state index in [4.69, 9.17) is 5.73 Å². The summed E-state index contributed by atoms with van der Waals surface area (Å²) in [5.41, 5.74) is 5.65. The molecular formula is C15H30N4. The average molecular weight is 266 g/mol. The van der Waals surface area contributed by atoms with Gasteiger partial charge in [-0.15, -0.1) is 0 Å². The van der Waals surface area contributed by atoms with Crippen molar-refractivity contribution in [1.82, 2.24) is 14.7 Å². The van der Waals surface area contributed by atoms with Crippen LogP contribution < -0.4 is 5.73 Å². The quantitative estimate of drug-likeness (QED) is 0.807. The minimum absolute atomic E-state index is 0.811. The lowest BCUT2D eigenvalue weighted by molar-refractivity contribution is 0.120. The summed E-state index contributed by atoms with van der Waals surface area (Å²) >= 11 is 0. The van der Waals surface area contributed by atoms with Gasteiger partial charge in [0.05, 0.1) is 0 Å². The molecule has 0 aromatic carbocycles. The monoisotopic (exact) mass is 266 g/mol. The first-order chi connectivity index (χ1) is 9.36. The third-order valence-corrected chi connectivity index (χ3v) is 5.37. The lowest BCUT2D eigenvalue weighted by Crippen LogP contribution is -2.46. The van der Waals surface area contributed by atoms with Gasteiger partial charge in [0.15, 0.2) is 0 Å². The molecular weight excluding hydrogens is 236 g/mol. The van der Waals surface area contributed by atoms with Gasteiger partial charge in [0, 0.05) is 38.3 Å². The van der Waals surface area contributed by atoms with Crippen molar-refractivity contribution in [2.75, 3.05) is 52.4 Å². The van der Waals surface area contributed by atoms with Crippen molar-refractivity contribution in [3.05, 3.63) is 0 Å². The topological polar surface area (TPSA) is 35.7 Å². The Hall–Kier alpha value is -0.160. The van der Waals surface area contributed by atoms with Gasteiger partial charge < -0.3 is 10.6 Å². The van der Waals surface area contributed by atoms with Crippen molar-refractivity contribution >= 4 is 0 Å². The molecule has 3 rings (SSSR count). The van der Waals surface area contributed by atoms with E-state index in [0.717, 1.165) is 25.2 Å². The summed E-state index contributed by atoms with van der Waals surface area (Å²) in [5, 5.41) is 0. The van der Waals surface area contributed by atoms with Gasteiger partial charge >= 0.3 is 0 Å². The molecule has 0 aromatic heterocycles. The van der Waals surface area contributed by atoms with Gasteiger partial charge in [-0.05, 0) is 58.3 Å². The highest BCUT2D eigenvalue weighted by molar-refractivity contribution is 4.90. The van der Waals surface area contributed by atoms with Crippen LogP contribution in [-0.2, 0) is 0 Å². The standard InChI is InChI=1S/C15H30N4/c16-6-12-17-9-3-14(4-10-17)19-11-5-15(13-19)18-7-1-2-8-18/h14-15H,1-13,16H2. The smallest absolute Gasteiger partial charge is 0.0235 e. The maximum atomic E-state index is 5.65. The van der Waals surface area contributed by atoms with E-state index in [0.29, 0.717) is 0 Å². The molecule has 0 aliphatic carbocycles. The lowest BCUT2D eigenvalue weighted by atomic mass is 10.0. The first-order valence-electron chi connectivity index (χ1n) is 8.27. The molecule has 1 atom stereocenters. The molecule has 0 bridgehead atoms. The molecule has 4 nitrogen and oxygen atoms in total. The van der Waals surface area contributed by atoms with E-state index in [1.165, 1.54) is 71.4 Å². The Labute approximate surface area is 117 Å². The predicted octanol–water partition coefficient (Wildman–Crippen LogP) is 0.580. The summed E-state index contributed by atoms with van der Waals surface area (Å²) in [6.07, 6.45) is 6.96. The number of nitrogens with two attached hydrogens (primary N) is 1. The molecule has 19 heavy (non-hydrogen) atoms. The molecule has 110 valence electrons. The van der Waals surface area contributed by atoms with Crippen molar-refractivity contribution in [2.45, 2.75) is 44.2 Å². The van der Waals surface area contributed by atoms with Gasteiger partial charge in [-0.2, -0.15) is 0 Å². The first kappa shape index (κ1) is 13.8. The van der Waals surface area contributed by atoms with E-state index in [-0.39, 0.29) is 0 Å². The predicted molar refractivity (Wildman–Crippen MR) is 79.3 cm³/mol. The minimum atomic E-state index is 0.811. The summed E-state index contributed by atoms with van der Waals surface area (Å²) in [4.78, 5) is 8.05. The van der Waals surface area contributed by atoms with E-state index >= 15 is 0 Å². The molecule has 3 heterocycles. The highest BCUT2D eigenvalue weighted by Crippen LogP contribution is 2.25. The van der Waals surface area contributed by atoms with E-state index in [1.54, 1.807) is 0 Å². The van der Waals surface area contributed by atoms with Crippen LogP contribution >= 0.6 is 0 Å². The second-order valence-corrected chi connectivity index (χ2v) is 6.54. The van der Waals surface area contributed by atoms with Crippen molar-refractivity contribution < 1.29 is 0 Å². The van der Waals surface area contributed by atoms with Crippen LogP contribution in [0.25, 0.3) is 0 Å². The number of piperidine rings is 1. The van der Waals surface area contributed by atoms with Gasteiger partial charge in [-0.1, -0.05) is 0 Å². The fraction of sp³-hybridized carbons (Fsp3) is 1.00. The van der Waals surface area contributed by atoms with Crippen molar-refractivity contribution in [1.29, 1.82) is 0 Å². The van der Waals surface area contributed by atoms with Crippen molar-refractivity contribution in [3.63, 3.8) is 0 Å². The van der Waals surface area contributed by atoms with Crippen LogP contribution in [0.3, 0.4) is 0 Å². The Morgan fingerprint density at radius 3 is 2.16 bits per heavy atom. The fourth-order valence-corrected chi connectivity index (χ4v) is 4.20. The molecule has 2 N–H and O–H groups in total. The highest BCUT2D eigenvalue weighted by atomic mass is 15.3. The van der Waals surface area contributed by atoms with Gasteiger partial charge in [-0.3, -0.25) is 9.80 Å². The first-order valence-corrected chi connectivity index (χ1v) is 8.27. The summed E-state index contributed by atoms with van der Waals surface area (Å²) in [5.74, 6) is 0. The summed E-state index contributed by atoms with van der Waals surface area (Å²) in [6, 6.07) is 1.71. The minimum Gasteiger partial charge on any atom is -0.329 e. The van der Waals surface area contributed by atoms with Gasteiger partial charge in [-0.25, -0.2) is 0 Å². The summed E-state index contributed by atoms with van der Waals surface area (Å²) in [6.45, 7) is 9.79. The van der Waals surface area contributed by atoms with Gasteiger partial charge in [0.1, 0.15) is 0 Å². The Morgan fingerprint density at radius 2 is 1.47 bits per heavy atom. The molecule has 0 saturated carbocycles. The van der Waals surface area contributed by atoms with Crippen LogP contribution in [0, 0.1) is 0 Å². The summed E-state index contributed by atoms with van der Waals surface area (Å²) < 4.78 is 0. The van der Waals surface area contributed by atoms with Crippen molar-refractivity contribution in [3.8, 4) is 0 Å². The van der Waals surface area contributed by atoms with Gasteiger partial charge in [0.2, 0.25) is 0 Å². The zero-order valence-corrected chi connectivity index (χ0v) is 12.3. The number of hydrogen-bond donors (Lipinski definition) is 1. The Balaban J connectivity index is 1.44. The highest BCUT2D eigenvalue weighted by Gasteiger charge is 2.33. The van der Waals surface area contributed by atoms with Crippen LogP contribution in [0.2, 0.25) is 0 Å². The average Bonchev–Trinajstić information content (AvgIpc) is 3.11. The number of hydrogen-bond acceptors (Lipinski definition) is 4. The van der Waals surface area contributed by atoms with Crippen LogP contribution in [0.15, 0.2) is 0 Å². The second-order valence-electron chi connectivity index (χ2n) is 6.54. The largest absolute Gasteiger partial charge is 0.329 e. The number of likely N-dealkylation sites (tertiary alicyclic amines) is 3. The zero-order chi connectivity index (χ0) is 13.1. The van der Waals surface area contributed by atoms with E-state index in [9.17, 15) is 0 Å². The zero-order valence-electron chi connectivity index (χ0n) is 12.3. The molecule has 0 spiro atoms. The van der Waals surface area contributed by atoms with E-state index in [2.05, 4.69) is 14.7 Å². The molecule has 3 aliphatic rings. The SMILES string of the molecule is NCCN1CCC(N2CCC(N3CCCC3)C2)CC1. The van der Waals surface area contributed by atoms with E-state index < -0.39 is 0 Å². The Kier molecular flexibility index (Phi) is 4.74. The summed E-state index contributed by atoms with van der Waals surface area (Å²) in [7, 11) is 0. The molecule has 0 amide bonds. The Bertz CT molecular complexity index is 269. The van der Waals surface area contributed by atoms with Gasteiger partial charge in [0.25, 0.3) is 0 Å². The molecule has 4 heteroatoms. The lowest BCUT2D eigenvalue weighted by Gasteiger charge is -2.37. The number of nitrogens with zero attached hydrogens (tertiary/aromatic N) is 3. The molecule has 0 radical (unpaired) electrons. The normalized spacial score (nSPS) is 32.4. The molecule has 3 fully saturated rings. The van der Waals surface area contributed by atoms with E-state index in [1.807, 2.05) is 0 Å². The van der Waals surface area contributed by atoms with Crippen LogP contribution in [0.5, 0.6) is 0 Å². The number of rotatable bonds is 4. The molecule has 0 aromatic rings. The maximum Gasteiger partial charge on any atom is 0.0235 e. The van der Waals surface area contributed by atoms with Crippen molar-refractivity contribution in [2.24, 2.45) is 5.73 Å². The van der Waals surface area contributed by atoms with Crippen LogP contribution in [0.1, 0.15) is 32.1 Å². The maximum absolute atomic E-state index is 5.65. The second kappa shape index (κ2) is 6.53. The van der Waals surface area contributed by atoms with Crippen LogP contribution in [-0.4, -0.2) is 79.1 Å². The fourth-order valence-electron chi connectivity index (χ4n) is 4.20. The molecule has 1 unspecified atom stereocenters. The third kappa shape index (κ3) is 3.30. The van der Waals surface area contributed by atoms with Crippen LogP contribution in [0.4, 0.5) is 0 Å².